The van der Waals surface area contributed by atoms with Gasteiger partial charge in [-0.15, -0.1) is 0 Å². The molecule has 5 rings (SSSR count). The number of carbonyl (C=O) groups excluding carboxylic acids is 1. The predicted octanol–water partition coefficient (Wildman–Crippen LogP) is 2.73. The van der Waals surface area contributed by atoms with Crippen molar-refractivity contribution >= 4 is 16.8 Å². The van der Waals surface area contributed by atoms with E-state index in [1.54, 1.807) is 29.4 Å². The maximum Gasteiger partial charge on any atom is 0.274 e. The summed E-state index contributed by atoms with van der Waals surface area (Å²) in [5.74, 6) is 0.277. The van der Waals surface area contributed by atoms with Gasteiger partial charge >= 0.3 is 0 Å². The smallest absolute Gasteiger partial charge is 0.274 e. The molecule has 0 spiro atoms. The number of para-hydroxylation sites is 1. The summed E-state index contributed by atoms with van der Waals surface area (Å²) in [6, 6.07) is 12.9. The van der Waals surface area contributed by atoms with Crippen molar-refractivity contribution in [3.63, 3.8) is 0 Å². The zero-order chi connectivity index (χ0) is 21.2. The Morgan fingerprint density at radius 1 is 1.13 bits per heavy atom. The molecule has 1 aliphatic heterocycles. The molecule has 3 aromatic heterocycles. The fourth-order valence-electron chi connectivity index (χ4n) is 4.11. The molecule has 0 saturated carbocycles. The van der Waals surface area contributed by atoms with Crippen LogP contribution in [0.3, 0.4) is 0 Å². The summed E-state index contributed by atoms with van der Waals surface area (Å²) in [5.41, 5.74) is 2.71. The minimum Gasteiger partial charge on any atom is -0.337 e. The van der Waals surface area contributed by atoms with Crippen LogP contribution >= 0.6 is 0 Å². The van der Waals surface area contributed by atoms with Crippen LogP contribution in [0, 0.1) is 5.92 Å². The number of likely N-dealkylation sites (tertiary alicyclic amines) is 1. The molecule has 8 nitrogen and oxygen atoms in total. The van der Waals surface area contributed by atoms with Gasteiger partial charge in [-0.3, -0.25) is 24.2 Å². The highest BCUT2D eigenvalue weighted by Gasteiger charge is 2.26. The van der Waals surface area contributed by atoms with E-state index in [4.69, 9.17) is 0 Å². The molecule has 1 aliphatic rings. The maximum atomic E-state index is 12.9. The van der Waals surface area contributed by atoms with Crippen molar-refractivity contribution in [3.8, 4) is 11.3 Å². The highest BCUT2D eigenvalue weighted by atomic mass is 16.2. The van der Waals surface area contributed by atoms with Crippen LogP contribution in [0.2, 0.25) is 0 Å². The van der Waals surface area contributed by atoms with Crippen molar-refractivity contribution in [2.45, 2.75) is 19.4 Å². The lowest BCUT2D eigenvalue weighted by molar-refractivity contribution is 0.0678. The van der Waals surface area contributed by atoms with Gasteiger partial charge in [0.1, 0.15) is 0 Å². The van der Waals surface area contributed by atoms with Crippen LogP contribution in [-0.2, 0) is 6.54 Å². The normalized spacial score (nSPS) is 14.8. The standard InChI is InChI=1S/C23H22N6O2/c30-21-12-20(17-4-3-9-24-13-17)25-15-29(21)14-16-7-10-28(11-8-16)23(31)22-18-5-1-2-6-19(18)26-27-22/h1-6,9,12-13,15-16H,7-8,10-11,14H2,(H,26,27). The summed E-state index contributed by atoms with van der Waals surface area (Å²) < 4.78 is 1.66. The Balaban J connectivity index is 1.23. The second-order valence-corrected chi connectivity index (χ2v) is 7.86. The number of carbonyl (C=O) groups is 1. The molecule has 0 radical (unpaired) electrons. The highest BCUT2D eigenvalue weighted by Crippen LogP contribution is 2.23. The first kappa shape index (κ1) is 19.2. The first-order valence-electron chi connectivity index (χ1n) is 10.4. The largest absolute Gasteiger partial charge is 0.337 e. The van der Waals surface area contributed by atoms with Gasteiger partial charge in [0.2, 0.25) is 0 Å². The lowest BCUT2D eigenvalue weighted by atomic mass is 9.96. The van der Waals surface area contributed by atoms with E-state index in [2.05, 4.69) is 20.2 Å². The predicted molar refractivity (Wildman–Crippen MR) is 116 cm³/mol. The molecule has 31 heavy (non-hydrogen) atoms. The van der Waals surface area contributed by atoms with Gasteiger partial charge < -0.3 is 4.90 Å². The van der Waals surface area contributed by atoms with Crippen molar-refractivity contribution in [3.05, 3.63) is 77.2 Å². The van der Waals surface area contributed by atoms with E-state index < -0.39 is 0 Å². The Kier molecular flexibility index (Phi) is 5.03. The monoisotopic (exact) mass is 414 g/mol. The topological polar surface area (TPSA) is 96.8 Å². The average Bonchev–Trinajstić information content (AvgIpc) is 3.25. The van der Waals surface area contributed by atoms with Gasteiger partial charge in [-0.2, -0.15) is 5.10 Å². The Morgan fingerprint density at radius 2 is 1.97 bits per heavy atom. The van der Waals surface area contributed by atoms with Gasteiger partial charge in [0, 0.05) is 49.0 Å². The number of nitrogens with zero attached hydrogens (tertiary/aromatic N) is 5. The van der Waals surface area contributed by atoms with Gasteiger partial charge in [-0.05, 0) is 37.0 Å². The van der Waals surface area contributed by atoms with Crippen LogP contribution in [0.25, 0.3) is 22.2 Å². The van der Waals surface area contributed by atoms with Crippen molar-refractivity contribution in [2.75, 3.05) is 13.1 Å². The number of pyridine rings is 1. The van der Waals surface area contributed by atoms with E-state index >= 15 is 0 Å². The molecule has 1 amide bonds. The zero-order valence-electron chi connectivity index (χ0n) is 16.9. The molecule has 0 aliphatic carbocycles. The number of aromatic nitrogens is 5. The van der Waals surface area contributed by atoms with E-state index in [0.717, 1.165) is 29.3 Å². The van der Waals surface area contributed by atoms with E-state index in [9.17, 15) is 9.59 Å². The maximum absolute atomic E-state index is 12.9. The van der Waals surface area contributed by atoms with E-state index in [0.29, 0.717) is 36.9 Å². The van der Waals surface area contributed by atoms with Crippen LogP contribution in [-0.4, -0.2) is 48.6 Å². The molecule has 1 fully saturated rings. The Labute approximate surface area is 178 Å². The number of piperidine rings is 1. The number of hydrogen-bond acceptors (Lipinski definition) is 5. The van der Waals surface area contributed by atoms with Crippen molar-refractivity contribution in [1.82, 2.24) is 29.6 Å². The number of H-pyrrole nitrogens is 1. The molecule has 1 N–H and O–H groups in total. The molecular formula is C23H22N6O2. The lowest BCUT2D eigenvalue weighted by Gasteiger charge is -2.31. The van der Waals surface area contributed by atoms with Gasteiger partial charge in [0.25, 0.3) is 11.5 Å². The van der Waals surface area contributed by atoms with Gasteiger partial charge in [-0.25, -0.2) is 4.98 Å². The molecule has 1 aromatic carbocycles. The highest BCUT2D eigenvalue weighted by molar-refractivity contribution is 6.04. The number of hydrogen-bond donors (Lipinski definition) is 1. The van der Waals surface area contributed by atoms with Crippen molar-refractivity contribution < 1.29 is 4.79 Å². The number of rotatable bonds is 4. The molecule has 0 bridgehead atoms. The first-order chi connectivity index (χ1) is 15.2. The SMILES string of the molecule is O=C(c1n[nH]c2ccccc12)N1CCC(Cn2cnc(-c3cccnc3)cc2=O)CC1. The minimum absolute atomic E-state index is 0.0458. The van der Waals surface area contributed by atoms with Gasteiger partial charge in [0.05, 0.1) is 17.5 Å². The molecule has 1 saturated heterocycles. The molecule has 8 heteroatoms. The molecule has 0 atom stereocenters. The summed E-state index contributed by atoms with van der Waals surface area (Å²) in [7, 11) is 0. The average molecular weight is 414 g/mol. The summed E-state index contributed by atoms with van der Waals surface area (Å²) in [4.78, 5) is 35.9. The second kappa shape index (κ2) is 8.14. The fraction of sp³-hybridized carbons (Fsp3) is 0.261. The first-order valence-corrected chi connectivity index (χ1v) is 10.4. The summed E-state index contributed by atoms with van der Waals surface area (Å²) in [6.07, 6.45) is 6.67. The molecule has 4 heterocycles. The third kappa shape index (κ3) is 3.84. The molecular weight excluding hydrogens is 392 g/mol. The number of fused-ring (bicyclic) bond motifs is 1. The van der Waals surface area contributed by atoms with Crippen LogP contribution < -0.4 is 5.56 Å². The molecule has 4 aromatic rings. The second-order valence-electron chi connectivity index (χ2n) is 7.86. The third-order valence-electron chi connectivity index (χ3n) is 5.87. The van der Waals surface area contributed by atoms with E-state index in [-0.39, 0.29) is 11.5 Å². The number of benzene rings is 1. The van der Waals surface area contributed by atoms with Crippen LogP contribution in [0.5, 0.6) is 0 Å². The van der Waals surface area contributed by atoms with E-state index in [1.165, 1.54) is 0 Å². The summed E-state index contributed by atoms with van der Waals surface area (Å²) >= 11 is 0. The summed E-state index contributed by atoms with van der Waals surface area (Å²) in [5, 5.41) is 8.00. The quantitative estimate of drug-likeness (QED) is 0.554. The van der Waals surface area contributed by atoms with E-state index in [1.807, 2.05) is 41.3 Å². The Bertz CT molecular complexity index is 1270. The van der Waals surface area contributed by atoms with Gasteiger partial charge in [-0.1, -0.05) is 18.2 Å². The van der Waals surface area contributed by atoms with Crippen molar-refractivity contribution in [2.24, 2.45) is 5.92 Å². The fourth-order valence-corrected chi connectivity index (χ4v) is 4.11. The Morgan fingerprint density at radius 3 is 2.74 bits per heavy atom. The van der Waals surface area contributed by atoms with Crippen LogP contribution in [0.15, 0.2) is 66.0 Å². The number of aromatic amines is 1. The molecule has 0 unspecified atom stereocenters. The van der Waals surface area contributed by atoms with Crippen molar-refractivity contribution in [1.29, 1.82) is 0 Å². The minimum atomic E-state index is -0.0737. The zero-order valence-corrected chi connectivity index (χ0v) is 16.9. The van der Waals surface area contributed by atoms with Crippen LogP contribution in [0.1, 0.15) is 23.3 Å². The van der Waals surface area contributed by atoms with Crippen LogP contribution in [0.4, 0.5) is 0 Å². The lowest BCUT2D eigenvalue weighted by Crippen LogP contribution is -2.40. The summed E-state index contributed by atoms with van der Waals surface area (Å²) in [6.45, 7) is 1.91. The number of amides is 1. The number of nitrogens with one attached hydrogen (secondary N) is 1. The molecule has 156 valence electrons. The van der Waals surface area contributed by atoms with Gasteiger partial charge in [0.15, 0.2) is 5.69 Å². The Hall–Kier alpha value is -3.81. The third-order valence-corrected chi connectivity index (χ3v) is 5.87.